The lowest BCUT2D eigenvalue weighted by Gasteiger charge is -2.22. The first-order valence-electron chi connectivity index (χ1n) is 9.76. The van der Waals surface area contributed by atoms with Gasteiger partial charge in [-0.2, -0.15) is 0 Å². The van der Waals surface area contributed by atoms with E-state index in [9.17, 15) is 14.7 Å². The number of aliphatic hydroxyl groups excluding tert-OH is 1. The Hall–Kier alpha value is -3.24. The van der Waals surface area contributed by atoms with Crippen LogP contribution in [0.3, 0.4) is 0 Å². The van der Waals surface area contributed by atoms with Crippen molar-refractivity contribution in [2.45, 2.75) is 13.2 Å². The number of ether oxygens (including phenoxy) is 5. The molecular weight excluding hydrogens is 498 g/mol. The molecular formula is C23H24BrNO8. The highest BCUT2D eigenvalue weighted by Gasteiger charge is 2.28. The Kier molecular flexibility index (Phi) is 7.19. The first-order valence-corrected chi connectivity index (χ1v) is 10.6. The second-order valence-electron chi connectivity index (χ2n) is 6.97. The van der Waals surface area contributed by atoms with Crippen molar-refractivity contribution in [2.24, 2.45) is 0 Å². The van der Waals surface area contributed by atoms with Crippen LogP contribution in [-0.2, 0) is 4.74 Å². The summed E-state index contributed by atoms with van der Waals surface area (Å²) in [4.78, 5) is 26.3. The van der Waals surface area contributed by atoms with Crippen molar-refractivity contribution in [3.63, 3.8) is 0 Å². The van der Waals surface area contributed by atoms with Crippen LogP contribution in [0.25, 0.3) is 21.9 Å². The molecule has 0 saturated heterocycles. The molecule has 0 amide bonds. The number of benzene rings is 2. The minimum Gasteiger partial charge on any atom is -0.493 e. The molecule has 10 heteroatoms. The van der Waals surface area contributed by atoms with Gasteiger partial charge in [-0.3, -0.25) is 9.36 Å². The fraction of sp³-hybridized carbons (Fsp3) is 0.304. The van der Waals surface area contributed by atoms with E-state index < -0.39 is 17.8 Å². The van der Waals surface area contributed by atoms with Crippen molar-refractivity contribution in [1.29, 1.82) is 0 Å². The first-order chi connectivity index (χ1) is 15.7. The van der Waals surface area contributed by atoms with Crippen molar-refractivity contribution < 1.29 is 33.6 Å². The van der Waals surface area contributed by atoms with E-state index in [0.29, 0.717) is 44.0 Å². The lowest BCUT2D eigenvalue weighted by Crippen LogP contribution is -2.30. The normalized spacial score (nSPS) is 11.8. The van der Waals surface area contributed by atoms with Crippen LogP contribution in [0.4, 0.5) is 0 Å². The Balaban J connectivity index is 2.64. The highest BCUT2D eigenvalue weighted by molar-refractivity contribution is 9.10. The number of methoxy groups -OCH3 is 5. The van der Waals surface area contributed by atoms with Gasteiger partial charge in [-0.25, -0.2) is 4.79 Å². The lowest BCUT2D eigenvalue weighted by atomic mass is 9.95. The Morgan fingerprint density at radius 3 is 1.97 bits per heavy atom. The zero-order chi connectivity index (χ0) is 24.4. The molecule has 1 heterocycles. The molecule has 0 aliphatic carbocycles. The molecule has 1 unspecified atom stereocenters. The van der Waals surface area contributed by atoms with Crippen LogP contribution in [-0.4, -0.2) is 51.2 Å². The van der Waals surface area contributed by atoms with E-state index in [1.165, 1.54) is 48.5 Å². The Labute approximate surface area is 198 Å². The molecule has 9 nitrogen and oxygen atoms in total. The zero-order valence-electron chi connectivity index (χ0n) is 19.0. The number of aliphatic hydroxyl groups is 1. The summed E-state index contributed by atoms with van der Waals surface area (Å²) >= 11 is 3.47. The van der Waals surface area contributed by atoms with E-state index in [0.717, 1.165) is 4.57 Å². The first kappa shape index (κ1) is 24.4. The third-order valence-electron chi connectivity index (χ3n) is 5.19. The average molecular weight is 522 g/mol. The van der Waals surface area contributed by atoms with E-state index in [2.05, 4.69) is 15.9 Å². The van der Waals surface area contributed by atoms with Crippen molar-refractivity contribution in [2.75, 3.05) is 35.5 Å². The number of nitrogens with zero attached hydrogens (tertiary/aromatic N) is 1. The molecule has 3 rings (SSSR count). The number of hydrogen-bond acceptors (Lipinski definition) is 8. The Morgan fingerprint density at radius 2 is 1.48 bits per heavy atom. The number of aromatic nitrogens is 1. The summed E-state index contributed by atoms with van der Waals surface area (Å²) in [5.74, 6) is 0.722. The Morgan fingerprint density at radius 1 is 0.909 bits per heavy atom. The summed E-state index contributed by atoms with van der Waals surface area (Å²) in [6.45, 7) is 1.38. The number of hydrogen-bond donors (Lipinski definition) is 1. The van der Waals surface area contributed by atoms with Gasteiger partial charge in [-0.15, -0.1) is 0 Å². The third-order valence-corrected chi connectivity index (χ3v) is 5.78. The highest BCUT2D eigenvalue weighted by atomic mass is 79.9. The number of pyridine rings is 1. The monoisotopic (exact) mass is 521 g/mol. The van der Waals surface area contributed by atoms with Gasteiger partial charge in [0.2, 0.25) is 0 Å². The van der Waals surface area contributed by atoms with Crippen LogP contribution in [0.5, 0.6) is 23.0 Å². The van der Waals surface area contributed by atoms with Crippen molar-refractivity contribution in [1.82, 2.24) is 4.57 Å². The maximum Gasteiger partial charge on any atom is 0.355 e. The molecule has 0 aliphatic rings. The minimum atomic E-state index is -1.33. The van der Waals surface area contributed by atoms with Crippen LogP contribution < -0.4 is 24.5 Å². The maximum atomic E-state index is 13.4. The number of rotatable bonds is 7. The fourth-order valence-corrected chi connectivity index (χ4v) is 4.35. The average Bonchev–Trinajstić information content (AvgIpc) is 2.81. The quantitative estimate of drug-likeness (QED) is 0.468. The molecule has 0 saturated carbocycles. The molecule has 176 valence electrons. The SMILES string of the molecule is COC(=O)c1c(-c2cc(Br)c(OC)c(OC)c2)c2cc(OC)c(OC)cc2c(=O)n1C(C)O. The topological polar surface area (TPSA) is 105 Å². The van der Waals surface area contributed by atoms with E-state index in [1.807, 2.05) is 0 Å². The van der Waals surface area contributed by atoms with Gasteiger partial charge in [0.25, 0.3) is 5.56 Å². The number of halogens is 1. The molecule has 0 aliphatic heterocycles. The van der Waals surface area contributed by atoms with Gasteiger partial charge in [0, 0.05) is 10.9 Å². The van der Waals surface area contributed by atoms with Crippen LogP contribution >= 0.6 is 15.9 Å². The highest BCUT2D eigenvalue weighted by Crippen LogP contribution is 2.43. The summed E-state index contributed by atoms with van der Waals surface area (Å²) in [5.41, 5.74) is 0.118. The van der Waals surface area contributed by atoms with Gasteiger partial charge in [-0.1, -0.05) is 0 Å². The van der Waals surface area contributed by atoms with Gasteiger partial charge in [0.05, 0.1) is 45.4 Å². The molecule has 0 bridgehead atoms. The van der Waals surface area contributed by atoms with E-state index in [-0.39, 0.29) is 11.1 Å². The second kappa shape index (κ2) is 9.72. The van der Waals surface area contributed by atoms with Crippen LogP contribution in [0.2, 0.25) is 0 Å². The second-order valence-corrected chi connectivity index (χ2v) is 7.82. The molecule has 3 aromatic rings. The van der Waals surface area contributed by atoms with E-state index in [4.69, 9.17) is 23.7 Å². The summed E-state index contributed by atoms with van der Waals surface area (Å²) in [6, 6.07) is 6.50. The number of carbonyl (C=O) groups is 1. The third kappa shape index (κ3) is 4.11. The summed E-state index contributed by atoms with van der Waals surface area (Å²) < 4.78 is 28.2. The smallest absolute Gasteiger partial charge is 0.355 e. The summed E-state index contributed by atoms with van der Waals surface area (Å²) in [7, 11) is 7.10. The zero-order valence-corrected chi connectivity index (χ0v) is 20.6. The van der Waals surface area contributed by atoms with E-state index in [1.54, 1.807) is 18.2 Å². The van der Waals surface area contributed by atoms with Gasteiger partial charge < -0.3 is 28.8 Å². The minimum absolute atomic E-state index is 0.128. The maximum absolute atomic E-state index is 13.4. The summed E-state index contributed by atoms with van der Waals surface area (Å²) in [5, 5.41) is 11.1. The molecule has 1 N–H and O–H groups in total. The molecule has 33 heavy (non-hydrogen) atoms. The lowest BCUT2D eigenvalue weighted by molar-refractivity contribution is 0.0550. The molecule has 1 aromatic heterocycles. The standard InChI is InChI=1S/C23H24BrNO8/c1-11(26)25-20(23(28)33-6)19(12-7-15(24)21(32-5)18(8-12)31-4)13-9-16(29-2)17(30-3)10-14(13)22(25)27/h7-11,26H,1-6H3. The fourth-order valence-electron chi connectivity index (χ4n) is 3.75. The van der Waals surface area contributed by atoms with Crippen LogP contribution in [0.1, 0.15) is 23.6 Å². The van der Waals surface area contributed by atoms with Crippen molar-refractivity contribution >= 4 is 32.7 Å². The molecule has 0 spiro atoms. The van der Waals surface area contributed by atoms with Gasteiger partial charge >= 0.3 is 5.97 Å². The molecule has 0 radical (unpaired) electrons. The van der Waals surface area contributed by atoms with Crippen LogP contribution in [0.15, 0.2) is 33.5 Å². The van der Waals surface area contributed by atoms with Gasteiger partial charge in [0.1, 0.15) is 11.9 Å². The predicted molar refractivity (Wildman–Crippen MR) is 126 cm³/mol. The van der Waals surface area contributed by atoms with Crippen molar-refractivity contribution in [3.8, 4) is 34.1 Å². The molecule has 2 aromatic carbocycles. The van der Waals surface area contributed by atoms with Gasteiger partial charge in [-0.05, 0) is 52.7 Å². The summed E-state index contributed by atoms with van der Waals surface area (Å²) in [6.07, 6.45) is -1.33. The Bertz CT molecular complexity index is 1280. The van der Waals surface area contributed by atoms with Gasteiger partial charge in [0.15, 0.2) is 23.0 Å². The predicted octanol–water partition coefficient (Wildman–Crippen LogP) is 3.76. The number of carbonyl (C=O) groups excluding carboxylic acids is 1. The number of esters is 1. The molecule has 0 fully saturated rings. The molecule has 1 atom stereocenters. The van der Waals surface area contributed by atoms with Crippen molar-refractivity contribution in [3.05, 3.63) is 44.8 Å². The van der Waals surface area contributed by atoms with Crippen LogP contribution in [0, 0.1) is 0 Å². The van der Waals surface area contributed by atoms with E-state index >= 15 is 0 Å². The largest absolute Gasteiger partial charge is 0.493 e. The number of fused-ring (bicyclic) bond motifs is 1.